The molecule has 1 atom stereocenters. The fraction of sp³-hybridized carbons (Fsp3) is 0.333. The molecule has 0 radical (unpaired) electrons. The van der Waals surface area contributed by atoms with Crippen molar-refractivity contribution in [1.29, 1.82) is 0 Å². The number of ether oxygens (including phenoxy) is 2. The average molecular weight is 515 g/mol. The lowest BCUT2D eigenvalue weighted by Crippen LogP contribution is -2.42. The van der Waals surface area contributed by atoms with E-state index in [1.165, 1.54) is 6.07 Å². The topological polar surface area (TPSA) is 68.6 Å². The molecular weight excluding hydrogens is 483 g/mol. The van der Waals surface area contributed by atoms with Crippen molar-refractivity contribution in [3.8, 4) is 11.5 Å². The molecule has 1 aromatic heterocycles. The lowest BCUT2D eigenvalue weighted by Gasteiger charge is -2.33. The van der Waals surface area contributed by atoms with Crippen LogP contribution in [-0.2, 0) is 11.3 Å². The number of halogens is 1. The minimum atomic E-state index is -0.245. The van der Waals surface area contributed by atoms with Gasteiger partial charge in [0.25, 0.3) is 0 Å². The summed E-state index contributed by atoms with van der Waals surface area (Å²) in [6.07, 6.45) is 1.48. The van der Waals surface area contributed by atoms with Gasteiger partial charge in [-0.3, -0.25) is 4.79 Å². The van der Waals surface area contributed by atoms with Crippen LogP contribution in [-0.4, -0.2) is 41.8 Å². The van der Waals surface area contributed by atoms with Gasteiger partial charge in [-0.2, -0.15) is 0 Å². The van der Waals surface area contributed by atoms with Gasteiger partial charge >= 0.3 is 0 Å². The van der Waals surface area contributed by atoms with E-state index in [2.05, 4.69) is 14.8 Å². The third kappa shape index (κ3) is 4.90. The number of carbonyl (C=O) groups is 1. The van der Waals surface area contributed by atoms with Crippen molar-refractivity contribution in [3.63, 3.8) is 0 Å². The van der Waals surface area contributed by atoms with Crippen LogP contribution < -0.4 is 19.7 Å². The molecule has 0 aliphatic carbocycles. The van der Waals surface area contributed by atoms with Crippen LogP contribution in [0, 0.1) is 11.7 Å². The predicted octanol–water partition coefficient (Wildman–Crippen LogP) is 5.09. The molecule has 0 saturated carbocycles. The van der Waals surface area contributed by atoms with E-state index in [0.29, 0.717) is 19.8 Å². The predicted molar refractivity (Wildman–Crippen MR) is 144 cm³/mol. The number of para-hydroxylation sites is 2. The first-order valence-electron chi connectivity index (χ1n) is 13.2. The molecule has 1 amide bonds. The molecule has 0 unspecified atom stereocenters. The van der Waals surface area contributed by atoms with Crippen molar-refractivity contribution >= 4 is 22.9 Å². The van der Waals surface area contributed by atoms with Crippen LogP contribution in [0.2, 0.25) is 0 Å². The number of nitrogens with one attached hydrogen (secondary N) is 1. The number of rotatable bonds is 6. The summed E-state index contributed by atoms with van der Waals surface area (Å²) < 4.78 is 27.3. The monoisotopic (exact) mass is 514 g/mol. The molecule has 0 bridgehead atoms. The first-order chi connectivity index (χ1) is 18.5. The summed E-state index contributed by atoms with van der Waals surface area (Å²) in [4.78, 5) is 20.3. The van der Waals surface area contributed by atoms with E-state index in [1.807, 2.05) is 55.5 Å². The van der Waals surface area contributed by atoms with Crippen LogP contribution in [0.1, 0.15) is 36.9 Å². The number of aromatic nitrogens is 2. The van der Waals surface area contributed by atoms with Crippen molar-refractivity contribution in [3.05, 3.63) is 83.7 Å². The summed E-state index contributed by atoms with van der Waals surface area (Å²) in [5.41, 5.74) is 3.80. The van der Waals surface area contributed by atoms with Crippen LogP contribution in [0.5, 0.6) is 11.5 Å². The highest BCUT2D eigenvalue weighted by molar-refractivity contribution is 5.80. The van der Waals surface area contributed by atoms with Crippen LogP contribution in [0.25, 0.3) is 11.0 Å². The maximum Gasteiger partial charge on any atom is 0.223 e. The quantitative estimate of drug-likeness (QED) is 0.388. The van der Waals surface area contributed by atoms with Gasteiger partial charge in [0.2, 0.25) is 11.9 Å². The summed E-state index contributed by atoms with van der Waals surface area (Å²) in [7, 11) is 0. The molecule has 6 rings (SSSR count). The van der Waals surface area contributed by atoms with E-state index < -0.39 is 0 Å². The largest absolute Gasteiger partial charge is 0.486 e. The zero-order chi connectivity index (χ0) is 26.1. The Morgan fingerprint density at radius 2 is 1.82 bits per heavy atom. The smallest absolute Gasteiger partial charge is 0.223 e. The van der Waals surface area contributed by atoms with Gasteiger partial charge in [-0.25, -0.2) is 9.37 Å². The number of nitrogens with zero attached hydrogens (tertiary/aromatic N) is 3. The molecule has 4 aromatic rings. The Hall–Kier alpha value is -4.07. The number of hydrogen-bond donors (Lipinski definition) is 1. The van der Waals surface area contributed by atoms with Gasteiger partial charge in [0.05, 0.1) is 23.6 Å². The van der Waals surface area contributed by atoms with E-state index in [0.717, 1.165) is 65.5 Å². The Morgan fingerprint density at radius 3 is 2.63 bits per heavy atom. The molecule has 38 heavy (non-hydrogen) atoms. The minimum absolute atomic E-state index is 0.0630. The molecule has 1 saturated heterocycles. The second kappa shape index (κ2) is 10.4. The molecule has 7 nitrogen and oxygen atoms in total. The number of fused-ring (bicyclic) bond motifs is 2. The van der Waals surface area contributed by atoms with Crippen LogP contribution in [0.3, 0.4) is 0 Å². The highest BCUT2D eigenvalue weighted by Crippen LogP contribution is 2.33. The third-order valence-corrected chi connectivity index (χ3v) is 7.44. The number of piperidine rings is 1. The highest BCUT2D eigenvalue weighted by Gasteiger charge is 2.29. The molecule has 3 aromatic carbocycles. The van der Waals surface area contributed by atoms with Gasteiger partial charge in [0.1, 0.15) is 19.0 Å². The number of amides is 1. The molecule has 8 heteroatoms. The Morgan fingerprint density at radius 1 is 1.03 bits per heavy atom. The van der Waals surface area contributed by atoms with Crippen molar-refractivity contribution in [2.45, 2.75) is 32.4 Å². The first kappa shape index (κ1) is 24.3. The highest BCUT2D eigenvalue weighted by atomic mass is 19.1. The second-order valence-corrected chi connectivity index (χ2v) is 10.0. The second-order valence-electron chi connectivity index (χ2n) is 10.0. The summed E-state index contributed by atoms with van der Waals surface area (Å²) in [6, 6.07) is 20.4. The maximum absolute atomic E-state index is 13.9. The SMILES string of the molecule is C[C@@H](NC(=O)C1CCN(c2nc3ccccc3n2Cc2cccc(F)c2)CC1)c1ccc2c(c1)OCCO2. The standard InChI is InChI=1S/C30H31FN4O3/c1-20(23-9-10-27-28(18-23)38-16-15-37-27)32-29(36)22-11-13-34(14-12-22)30-33-25-7-2-3-8-26(25)35(30)19-21-5-4-6-24(31)17-21/h2-10,17-18,20,22H,11-16,19H2,1H3,(H,32,36)/t20-/m1/s1. The lowest BCUT2D eigenvalue weighted by atomic mass is 9.95. The van der Waals surface area contributed by atoms with Gasteiger partial charge < -0.3 is 24.3 Å². The van der Waals surface area contributed by atoms with Crippen molar-refractivity contribution in [1.82, 2.24) is 14.9 Å². The summed E-state index contributed by atoms with van der Waals surface area (Å²) in [5, 5.41) is 3.19. The molecule has 196 valence electrons. The van der Waals surface area contributed by atoms with Gasteiger partial charge in [-0.05, 0) is 67.3 Å². The summed E-state index contributed by atoms with van der Waals surface area (Å²) in [6.45, 7) is 5.06. The average Bonchev–Trinajstić information content (AvgIpc) is 3.31. The van der Waals surface area contributed by atoms with Crippen LogP contribution in [0.4, 0.5) is 10.3 Å². The number of imidazole rings is 1. The number of hydrogen-bond acceptors (Lipinski definition) is 5. The van der Waals surface area contributed by atoms with Gasteiger partial charge in [0, 0.05) is 19.0 Å². The lowest BCUT2D eigenvalue weighted by molar-refractivity contribution is -0.126. The molecule has 0 spiro atoms. The molecule has 2 aliphatic heterocycles. The normalized spacial score (nSPS) is 16.4. The Kier molecular flexibility index (Phi) is 6.62. The first-order valence-corrected chi connectivity index (χ1v) is 13.2. The number of carbonyl (C=O) groups excluding carboxylic acids is 1. The Balaban J connectivity index is 1.13. The number of benzene rings is 3. The van der Waals surface area contributed by atoms with Crippen molar-refractivity contribution in [2.75, 3.05) is 31.2 Å². The van der Waals surface area contributed by atoms with Crippen LogP contribution in [0.15, 0.2) is 66.7 Å². The van der Waals surface area contributed by atoms with Gasteiger partial charge in [-0.15, -0.1) is 0 Å². The van der Waals surface area contributed by atoms with E-state index in [4.69, 9.17) is 14.5 Å². The zero-order valence-electron chi connectivity index (χ0n) is 21.4. The molecule has 1 fully saturated rings. The van der Waals surface area contributed by atoms with E-state index >= 15 is 0 Å². The molecule has 1 N–H and O–H groups in total. The van der Waals surface area contributed by atoms with Gasteiger partial charge in [-0.1, -0.05) is 30.3 Å². The molecular formula is C30H31FN4O3. The molecule has 3 heterocycles. The van der Waals surface area contributed by atoms with Gasteiger partial charge in [0.15, 0.2) is 11.5 Å². The van der Waals surface area contributed by atoms with Crippen molar-refractivity contribution in [2.24, 2.45) is 5.92 Å². The Labute approximate surface area is 221 Å². The maximum atomic E-state index is 13.9. The van der Waals surface area contributed by atoms with Crippen LogP contribution >= 0.6 is 0 Å². The molecule has 2 aliphatic rings. The zero-order valence-corrected chi connectivity index (χ0v) is 21.4. The van der Waals surface area contributed by atoms with E-state index in [1.54, 1.807) is 12.1 Å². The fourth-order valence-corrected chi connectivity index (χ4v) is 5.36. The van der Waals surface area contributed by atoms with Crippen molar-refractivity contribution < 1.29 is 18.7 Å². The third-order valence-electron chi connectivity index (χ3n) is 7.44. The summed E-state index contributed by atoms with van der Waals surface area (Å²) in [5.74, 6) is 2.09. The fourth-order valence-electron chi connectivity index (χ4n) is 5.36. The minimum Gasteiger partial charge on any atom is -0.486 e. The summed E-state index contributed by atoms with van der Waals surface area (Å²) >= 11 is 0. The van der Waals surface area contributed by atoms with E-state index in [9.17, 15) is 9.18 Å². The van der Waals surface area contributed by atoms with E-state index in [-0.39, 0.29) is 23.7 Å². The Bertz CT molecular complexity index is 1460. The number of anilines is 1.